The first kappa shape index (κ1) is 16.6. The third kappa shape index (κ3) is 3.81. The molecule has 0 aliphatic heterocycles. The number of hydrogen-bond donors (Lipinski definition) is 1. The number of carbonyl (C=O) groups excluding carboxylic acids is 1. The Morgan fingerprint density at radius 3 is 2.96 bits per heavy atom. The van der Waals surface area contributed by atoms with Gasteiger partial charge in [0.15, 0.2) is 0 Å². The molecule has 0 unspecified atom stereocenters. The summed E-state index contributed by atoms with van der Waals surface area (Å²) in [5, 5.41) is 14.7. The first-order chi connectivity index (χ1) is 12.0. The molecule has 1 amide bonds. The molecule has 9 heteroatoms. The molecule has 0 atom stereocenters. The Balaban J connectivity index is 1.65. The lowest BCUT2D eigenvalue weighted by atomic mass is 10.2. The number of nitro groups is 1. The van der Waals surface area contributed by atoms with Gasteiger partial charge in [0, 0.05) is 11.6 Å². The summed E-state index contributed by atoms with van der Waals surface area (Å²) in [6.45, 7) is 0.0542. The van der Waals surface area contributed by atoms with E-state index >= 15 is 0 Å². The minimum absolute atomic E-state index is 0.0400. The zero-order chi connectivity index (χ0) is 17.8. The second-order valence-corrected chi connectivity index (χ2v) is 5.53. The Bertz CT molecular complexity index is 983. The molecule has 25 heavy (non-hydrogen) atoms. The fraction of sp³-hybridized carbons (Fsp3) is 0.0625. The van der Waals surface area contributed by atoms with Crippen molar-refractivity contribution in [3.05, 3.63) is 69.5 Å². The van der Waals surface area contributed by atoms with Crippen LogP contribution in [0.2, 0.25) is 5.02 Å². The number of fused-ring (bicyclic) bond motifs is 1. The number of amides is 1. The number of nitrogens with zero attached hydrogens (tertiary/aromatic N) is 4. The molecule has 0 aliphatic carbocycles. The predicted octanol–water partition coefficient (Wildman–Crippen LogP) is 2.75. The summed E-state index contributed by atoms with van der Waals surface area (Å²) in [6, 6.07) is 11.7. The normalized spacial score (nSPS) is 11.1. The lowest BCUT2D eigenvalue weighted by Crippen LogP contribution is -2.22. The molecule has 1 heterocycles. The van der Waals surface area contributed by atoms with Gasteiger partial charge in [0.1, 0.15) is 11.6 Å². The minimum Gasteiger partial charge on any atom is -0.321 e. The topological polar surface area (TPSA) is 102 Å². The van der Waals surface area contributed by atoms with E-state index in [1.54, 1.807) is 17.0 Å². The number of hydrogen-bond acceptors (Lipinski definition) is 5. The van der Waals surface area contributed by atoms with Crippen molar-refractivity contribution in [1.82, 2.24) is 15.0 Å². The number of halogens is 1. The van der Waals surface area contributed by atoms with Gasteiger partial charge in [-0.1, -0.05) is 29.8 Å². The zero-order valence-electron chi connectivity index (χ0n) is 12.8. The van der Waals surface area contributed by atoms with E-state index < -0.39 is 4.92 Å². The number of para-hydroxylation sites is 2. The smallest absolute Gasteiger partial charge is 0.288 e. The summed E-state index contributed by atoms with van der Waals surface area (Å²) < 4.78 is 1.70. The van der Waals surface area contributed by atoms with Crippen molar-refractivity contribution in [2.45, 2.75) is 6.54 Å². The van der Waals surface area contributed by atoms with Crippen LogP contribution in [0.1, 0.15) is 5.56 Å². The molecule has 3 aromatic rings. The van der Waals surface area contributed by atoms with Crippen LogP contribution in [0.3, 0.4) is 0 Å². The summed E-state index contributed by atoms with van der Waals surface area (Å²) in [6.07, 6.45) is 2.89. The van der Waals surface area contributed by atoms with Crippen LogP contribution in [-0.4, -0.2) is 26.6 Å². The van der Waals surface area contributed by atoms with Crippen LogP contribution in [-0.2, 0) is 11.3 Å². The van der Waals surface area contributed by atoms with Crippen molar-refractivity contribution in [1.29, 1.82) is 0 Å². The Morgan fingerprint density at radius 1 is 1.36 bits per heavy atom. The van der Waals surface area contributed by atoms with Gasteiger partial charge in [0.25, 0.3) is 11.6 Å². The van der Waals surface area contributed by atoms with E-state index in [4.69, 9.17) is 11.6 Å². The number of benzene rings is 2. The van der Waals surface area contributed by atoms with E-state index in [9.17, 15) is 14.9 Å². The Kier molecular flexibility index (Phi) is 4.71. The van der Waals surface area contributed by atoms with Crippen molar-refractivity contribution in [3.63, 3.8) is 0 Å². The predicted molar refractivity (Wildman–Crippen MR) is 93.6 cm³/mol. The van der Waals surface area contributed by atoms with E-state index in [0.29, 0.717) is 5.56 Å². The summed E-state index contributed by atoms with van der Waals surface area (Å²) in [5.74, 6) is -0.345. The number of imidazole rings is 1. The van der Waals surface area contributed by atoms with Crippen molar-refractivity contribution < 1.29 is 9.72 Å². The van der Waals surface area contributed by atoms with Gasteiger partial charge in [-0.2, -0.15) is 5.10 Å². The van der Waals surface area contributed by atoms with E-state index in [2.05, 4.69) is 15.5 Å². The highest BCUT2D eigenvalue weighted by Gasteiger charge is 2.12. The maximum absolute atomic E-state index is 12.0. The zero-order valence-corrected chi connectivity index (χ0v) is 13.6. The molecule has 2 aromatic carbocycles. The van der Waals surface area contributed by atoms with Gasteiger partial charge in [-0.3, -0.25) is 14.9 Å². The summed E-state index contributed by atoms with van der Waals surface area (Å²) in [7, 11) is 0. The average Bonchev–Trinajstić information content (AvgIpc) is 2.99. The summed E-state index contributed by atoms with van der Waals surface area (Å²) in [5.41, 5.74) is 4.25. The maximum atomic E-state index is 12.0. The monoisotopic (exact) mass is 357 g/mol. The SMILES string of the molecule is O=C(Cn1cnc2ccccc21)N/N=C/c1ccc(Cl)c([N+](=O)[O-])c1. The lowest BCUT2D eigenvalue weighted by molar-refractivity contribution is -0.384. The number of aromatic nitrogens is 2. The fourth-order valence-corrected chi connectivity index (χ4v) is 2.44. The van der Waals surface area contributed by atoms with Crippen molar-refractivity contribution in [3.8, 4) is 0 Å². The van der Waals surface area contributed by atoms with Crippen LogP contribution in [0.25, 0.3) is 11.0 Å². The number of nitrogens with one attached hydrogen (secondary N) is 1. The molecule has 0 bridgehead atoms. The van der Waals surface area contributed by atoms with Crippen LogP contribution < -0.4 is 5.43 Å². The first-order valence-electron chi connectivity index (χ1n) is 7.20. The molecule has 0 spiro atoms. The molecule has 126 valence electrons. The second-order valence-electron chi connectivity index (χ2n) is 5.12. The molecule has 0 aliphatic rings. The number of rotatable bonds is 5. The van der Waals surface area contributed by atoms with Crippen molar-refractivity contribution in [2.24, 2.45) is 5.10 Å². The highest BCUT2D eigenvalue weighted by Crippen LogP contribution is 2.24. The maximum Gasteiger partial charge on any atom is 0.288 e. The molecular weight excluding hydrogens is 346 g/mol. The van der Waals surface area contributed by atoms with Crippen LogP contribution in [0, 0.1) is 10.1 Å². The molecule has 1 N–H and O–H groups in total. The molecular formula is C16H12ClN5O3. The standard InChI is InChI=1S/C16H12ClN5O3/c17-12-6-5-11(7-15(12)22(24)25)8-19-20-16(23)9-21-10-18-13-3-1-2-4-14(13)21/h1-8,10H,9H2,(H,20,23)/b19-8+. The van der Waals surface area contributed by atoms with Crippen LogP contribution in [0.15, 0.2) is 53.9 Å². The van der Waals surface area contributed by atoms with E-state index in [1.807, 2.05) is 24.3 Å². The van der Waals surface area contributed by atoms with Gasteiger partial charge >= 0.3 is 0 Å². The Morgan fingerprint density at radius 2 is 2.16 bits per heavy atom. The average molecular weight is 358 g/mol. The third-order valence-corrected chi connectivity index (χ3v) is 3.73. The van der Waals surface area contributed by atoms with Crippen molar-refractivity contribution >= 4 is 40.4 Å². The van der Waals surface area contributed by atoms with Gasteiger partial charge in [0.05, 0.1) is 28.5 Å². The van der Waals surface area contributed by atoms with Gasteiger partial charge in [-0.25, -0.2) is 10.4 Å². The largest absolute Gasteiger partial charge is 0.321 e. The van der Waals surface area contributed by atoms with Gasteiger partial charge in [-0.05, 0) is 18.2 Å². The molecule has 0 radical (unpaired) electrons. The van der Waals surface area contributed by atoms with Gasteiger partial charge < -0.3 is 4.57 Å². The third-order valence-electron chi connectivity index (χ3n) is 3.41. The minimum atomic E-state index is -0.581. The lowest BCUT2D eigenvalue weighted by Gasteiger charge is -2.03. The number of hydrazone groups is 1. The van der Waals surface area contributed by atoms with E-state index in [1.165, 1.54) is 18.3 Å². The van der Waals surface area contributed by atoms with Crippen LogP contribution in [0.5, 0.6) is 0 Å². The van der Waals surface area contributed by atoms with Crippen molar-refractivity contribution in [2.75, 3.05) is 0 Å². The van der Waals surface area contributed by atoms with Gasteiger partial charge in [-0.15, -0.1) is 0 Å². The Labute approximate surface area is 146 Å². The number of carbonyl (C=O) groups is 1. The highest BCUT2D eigenvalue weighted by atomic mass is 35.5. The Hall–Kier alpha value is -3.26. The molecule has 0 saturated heterocycles. The van der Waals surface area contributed by atoms with Crippen LogP contribution >= 0.6 is 11.6 Å². The highest BCUT2D eigenvalue weighted by molar-refractivity contribution is 6.32. The quantitative estimate of drug-likeness (QED) is 0.431. The molecule has 0 fully saturated rings. The molecule has 8 nitrogen and oxygen atoms in total. The van der Waals surface area contributed by atoms with Gasteiger partial charge in [0.2, 0.25) is 0 Å². The second kappa shape index (κ2) is 7.10. The molecule has 1 aromatic heterocycles. The number of nitro benzene ring substituents is 1. The summed E-state index contributed by atoms with van der Waals surface area (Å²) in [4.78, 5) is 26.4. The molecule has 0 saturated carbocycles. The van der Waals surface area contributed by atoms with E-state index in [0.717, 1.165) is 11.0 Å². The molecule has 3 rings (SSSR count). The van der Waals surface area contributed by atoms with Crippen LogP contribution in [0.4, 0.5) is 5.69 Å². The summed E-state index contributed by atoms with van der Waals surface area (Å²) >= 11 is 5.74. The van der Waals surface area contributed by atoms with E-state index in [-0.39, 0.29) is 23.2 Å². The first-order valence-corrected chi connectivity index (χ1v) is 7.58. The fourth-order valence-electron chi connectivity index (χ4n) is 2.26.